The van der Waals surface area contributed by atoms with E-state index in [1.54, 1.807) is 7.11 Å². The van der Waals surface area contributed by atoms with E-state index in [2.05, 4.69) is 41.5 Å². The van der Waals surface area contributed by atoms with Crippen molar-refractivity contribution in [1.29, 1.82) is 0 Å². The third kappa shape index (κ3) is 7.22. The summed E-state index contributed by atoms with van der Waals surface area (Å²) in [5.74, 6) is 1.84. The number of methoxy groups -OCH3 is 1. The van der Waals surface area contributed by atoms with Crippen molar-refractivity contribution in [3.63, 3.8) is 0 Å². The van der Waals surface area contributed by atoms with Crippen LogP contribution >= 0.6 is 0 Å². The van der Waals surface area contributed by atoms with Crippen LogP contribution in [0.25, 0.3) is 0 Å². The quantitative estimate of drug-likeness (QED) is 0.399. The maximum Gasteiger partial charge on any atom is 0.191 e. The molecule has 1 saturated heterocycles. The van der Waals surface area contributed by atoms with Crippen molar-refractivity contribution in [3.05, 3.63) is 29.3 Å². The van der Waals surface area contributed by atoms with Crippen LogP contribution in [-0.4, -0.2) is 70.5 Å². The molecular weight excluding hydrogens is 328 g/mol. The first-order valence-corrected chi connectivity index (χ1v) is 9.68. The number of ether oxygens (including phenoxy) is 2. The number of guanidine groups is 1. The first-order chi connectivity index (χ1) is 12.7. The highest BCUT2D eigenvalue weighted by atomic mass is 16.5. The minimum atomic E-state index is 0.828. The van der Waals surface area contributed by atoms with Crippen molar-refractivity contribution in [2.24, 2.45) is 4.99 Å². The monoisotopic (exact) mass is 362 g/mol. The fourth-order valence-corrected chi connectivity index (χ4v) is 3.07. The van der Waals surface area contributed by atoms with Gasteiger partial charge in [0.1, 0.15) is 5.75 Å². The van der Waals surface area contributed by atoms with E-state index < -0.39 is 0 Å². The summed E-state index contributed by atoms with van der Waals surface area (Å²) >= 11 is 0. The Labute approximate surface area is 158 Å². The molecule has 0 radical (unpaired) electrons. The van der Waals surface area contributed by atoms with E-state index in [0.717, 1.165) is 77.0 Å². The number of aryl methyl sites for hydroxylation is 1. The SMILES string of the molecule is CCNC(=NCCCN1CCOCC1)NCCc1cc(C)ccc1OC. The third-order valence-electron chi connectivity index (χ3n) is 4.47. The Bertz CT molecular complexity index is 557. The minimum Gasteiger partial charge on any atom is -0.496 e. The van der Waals surface area contributed by atoms with Crippen molar-refractivity contribution in [2.45, 2.75) is 26.7 Å². The lowest BCUT2D eigenvalue weighted by molar-refractivity contribution is 0.0377. The molecule has 0 spiro atoms. The molecule has 0 atom stereocenters. The number of morpholine rings is 1. The second kappa shape index (κ2) is 11.8. The number of benzene rings is 1. The van der Waals surface area contributed by atoms with E-state index in [1.807, 2.05) is 6.07 Å². The maximum absolute atomic E-state index is 5.46. The molecule has 2 rings (SSSR count). The molecule has 2 N–H and O–H groups in total. The molecule has 0 unspecified atom stereocenters. The van der Waals surface area contributed by atoms with Crippen LogP contribution in [0.3, 0.4) is 0 Å². The van der Waals surface area contributed by atoms with Gasteiger partial charge in [-0.2, -0.15) is 0 Å². The van der Waals surface area contributed by atoms with Gasteiger partial charge in [-0.05, 0) is 38.3 Å². The van der Waals surface area contributed by atoms with Crippen LogP contribution in [-0.2, 0) is 11.2 Å². The van der Waals surface area contributed by atoms with Gasteiger partial charge in [0, 0.05) is 39.3 Å². The summed E-state index contributed by atoms with van der Waals surface area (Å²) in [5, 5.41) is 6.75. The molecule has 6 heteroatoms. The fourth-order valence-electron chi connectivity index (χ4n) is 3.07. The molecule has 26 heavy (non-hydrogen) atoms. The van der Waals surface area contributed by atoms with Crippen LogP contribution in [0.15, 0.2) is 23.2 Å². The molecule has 1 fully saturated rings. The van der Waals surface area contributed by atoms with Crippen molar-refractivity contribution in [2.75, 3.05) is 59.6 Å². The molecule has 1 aliphatic heterocycles. The van der Waals surface area contributed by atoms with Gasteiger partial charge in [-0.15, -0.1) is 0 Å². The van der Waals surface area contributed by atoms with Gasteiger partial charge in [0.2, 0.25) is 0 Å². The average molecular weight is 363 g/mol. The fraction of sp³-hybridized carbons (Fsp3) is 0.650. The smallest absolute Gasteiger partial charge is 0.191 e. The highest BCUT2D eigenvalue weighted by Crippen LogP contribution is 2.19. The lowest BCUT2D eigenvalue weighted by atomic mass is 10.1. The van der Waals surface area contributed by atoms with Crippen LogP contribution < -0.4 is 15.4 Å². The Morgan fingerprint density at radius 1 is 1.27 bits per heavy atom. The molecule has 1 aliphatic rings. The summed E-state index contributed by atoms with van der Waals surface area (Å²) in [5.41, 5.74) is 2.48. The van der Waals surface area contributed by atoms with Crippen molar-refractivity contribution in [1.82, 2.24) is 15.5 Å². The van der Waals surface area contributed by atoms with E-state index in [0.29, 0.717) is 0 Å². The number of rotatable bonds is 9. The van der Waals surface area contributed by atoms with Crippen molar-refractivity contribution >= 4 is 5.96 Å². The molecule has 0 aromatic heterocycles. The predicted octanol–water partition coefficient (Wildman–Crippen LogP) is 1.82. The van der Waals surface area contributed by atoms with E-state index in [-0.39, 0.29) is 0 Å². The van der Waals surface area contributed by atoms with Crippen molar-refractivity contribution < 1.29 is 9.47 Å². The van der Waals surface area contributed by atoms with Crippen LogP contribution in [0.5, 0.6) is 5.75 Å². The van der Waals surface area contributed by atoms with Crippen LogP contribution in [0.4, 0.5) is 0 Å². The zero-order valence-corrected chi connectivity index (χ0v) is 16.5. The Balaban J connectivity index is 1.75. The zero-order valence-electron chi connectivity index (χ0n) is 16.5. The van der Waals surface area contributed by atoms with Gasteiger partial charge in [-0.25, -0.2) is 0 Å². The largest absolute Gasteiger partial charge is 0.496 e. The summed E-state index contributed by atoms with van der Waals surface area (Å²) in [6.45, 7) is 11.6. The van der Waals surface area contributed by atoms with Gasteiger partial charge in [0.25, 0.3) is 0 Å². The van der Waals surface area contributed by atoms with E-state index >= 15 is 0 Å². The zero-order chi connectivity index (χ0) is 18.6. The second-order valence-corrected chi connectivity index (χ2v) is 6.56. The molecular formula is C20H34N4O2. The van der Waals surface area contributed by atoms with Crippen LogP contribution in [0.2, 0.25) is 0 Å². The first-order valence-electron chi connectivity index (χ1n) is 9.68. The van der Waals surface area contributed by atoms with Crippen LogP contribution in [0.1, 0.15) is 24.5 Å². The molecule has 146 valence electrons. The van der Waals surface area contributed by atoms with Crippen LogP contribution in [0, 0.1) is 6.92 Å². The summed E-state index contributed by atoms with van der Waals surface area (Å²) < 4.78 is 10.8. The molecule has 0 saturated carbocycles. The normalized spacial score (nSPS) is 15.7. The molecule has 0 aliphatic carbocycles. The molecule has 6 nitrogen and oxygen atoms in total. The Morgan fingerprint density at radius 2 is 2.08 bits per heavy atom. The van der Waals surface area contributed by atoms with Gasteiger partial charge in [-0.3, -0.25) is 9.89 Å². The minimum absolute atomic E-state index is 0.828. The molecule has 1 heterocycles. The Kier molecular flexibility index (Phi) is 9.28. The van der Waals surface area contributed by atoms with Gasteiger partial charge in [-0.1, -0.05) is 17.7 Å². The summed E-state index contributed by atoms with van der Waals surface area (Å²) in [7, 11) is 1.72. The number of hydrogen-bond acceptors (Lipinski definition) is 4. The predicted molar refractivity (Wildman–Crippen MR) is 107 cm³/mol. The van der Waals surface area contributed by atoms with Gasteiger partial charge >= 0.3 is 0 Å². The topological polar surface area (TPSA) is 58.1 Å². The summed E-state index contributed by atoms with van der Waals surface area (Å²) in [6.07, 6.45) is 1.98. The molecule has 1 aromatic rings. The highest BCUT2D eigenvalue weighted by Gasteiger charge is 2.09. The average Bonchev–Trinajstić information content (AvgIpc) is 2.66. The maximum atomic E-state index is 5.46. The molecule has 0 amide bonds. The van der Waals surface area contributed by atoms with Gasteiger partial charge in [0.05, 0.1) is 20.3 Å². The van der Waals surface area contributed by atoms with Gasteiger partial charge in [0.15, 0.2) is 5.96 Å². The lowest BCUT2D eigenvalue weighted by Gasteiger charge is -2.26. The van der Waals surface area contributed by atoms with Gasteiger partial charge < -0.3 is 20.1 Å². The number of nitrogens with one attached hydrogen (secondary N) is 2. The standard InChI is InChI=1S/C20H34N4O2/c1-4-21-20(22-9-5-11-24-12-14-26-15-13-24)23-10-8-18-16-17(2)6-7-19(18)25-3/h6-7,16H,4-5,8-15H2,1-3H3,(H2,21,22,23). The van der Waals surface area contributed by atoms with E-state index in [1.165, 1.54) is 11.1 Å². The third-order valence-corrected chi connectivity index (χ3v) is 4.47. The lowest BCUT2D eigenvalue weighted by Crippen LogP contribution is -2.39. The summed E-state index contributed by atoms with van der Waals surface area (Å²) in [4.78, 5) is 7.14. The Morgan fingerprint density at radius 3 is 2.81 bits per heavy atom. The van der Waals surface area contributed by atoms with E-state index in [9.17, 15) is 0 Å². The van der Waals surface area contributed by atoms with E-state index in [4.69, 9.17) is 14.5 Å². The first kappa shape index (κ1) is 20.5. The number of aliphatic imine (C=N–C) groups is 1. The second-order valence-electron chi connectivity index (χ2n) is 6.56. The summed E-state index contributed by atoms with van der Waals surface area (Å²) in [6, 6.07) is 6.30. The molecule has 1 aromatic carbocycles. The highest BCUT2D eigenvalue weighted by molar-refractivity contribution is 5.79. The number of nitrogens with zero attached hydrogens (tertiary/aromatic N) is 2. The Hall–Kier alpha value is -1.79. The number of hydrogen-bond donors (Lipinski definition) is 2. The van der Waals surface area contributed by atoms with Crippen molar-refractivity contribution in [3.8, 4) is 5.75 Å². The molecule has 0 bridgehead atoms.